The summed E-state index contributed by atoms with van der Waals surface area (Å²) in [5.41, 5.74) is 2.06. The van der Waals surface area contributed by atoms with Crippen LogP contribution < -0.4 is 0 Å². The number of nitrogens with zero attached hydrogens (tertiary/aromatic N) is 3. The molecule has 17 heavy (non-hydrogen) atoms. The molecule has 0 N–H and O–H groups in total. The monoisotopic (exact) mass is 229 g/mol. The Morgan fingerprint density at radius 3 is 2.76 bits per heavy atom. The van der Waals surface area contributed by atoms with Gasteiger partial charge in [-0.15, -0.1) is 0 Å². The molecular weight excluding hydrogens is 217 g/mol. The lowest BCUT2D eigenvalue weighted by Gasteiger charge is -2.03. The molecule has 1 aromatic carbocycles. The number of hydrogen-bond acceptors (Lipinski definition) is 2. The molecule has 86 valence electrons. The first-order chi connectivity index (χ1) is 8.15. The van der Waals surface area contributed by atoms with Crippen molar-refractivity contribution in [2.24, 2.45) is 7.05 Å². The Morgan fingerprint density at radius 1 is 1.41 bits per heavy atom. The third-order valence-corrected chi connectivity index (χ3v) is 2.84. The SMILES string of the molecule is Cc1c(CC#N)nc(-c2ccccc2F)n1C. The summed E-state index contributed by atoms with van der Waals surface area (Å²) in [6.07, 6.45) is 0.244. The highest BCUT2D eigenvalue weighted by Crippen LogP contribution is 2.23. The maximum atomic E-state index is 13.7. The molecule has 0 saturated carbocycles. The second kappa shape index (κ2) is 4.38. The Morgan fingerprint density at radius 2 is 2.12 bits per heavy atom. The fraction of sp³-hybridized carbons (Fsp3) is 0.231. The van der Waals surface area contributed by atoms with Crippen LogP contribution in [0.5, 0.6) is 0 Å². The molecule has 0 aliphatic heterocycles. The van der Waals surface area contributed by atoms with Crippen molar-refractivity contribution in [2.75, 3.05) is 0 Å². The average Bonchev–Trinajstić information content (AvgIpc) is 2.59. The fourth-order valence-electron chi connectivity index (χ4n) is 1.76. The summed E-state index contributed by atoms with van der Waals surface area (Å²) in [4.78, 5) is 4.33. The molecule has 2 aromatic rings. The molecule has 1 aromatic heterocycles. The summed E-state index contributed by atoms with van der Waals surface area (Å²) in [5, 5.41) is 8.70. The second-order valence-electron chi connectivity index (χ2n) is 3.84. The van der Waals surface area contributed by atoms with Crippen LogP contribution in [0.25, 0.3) is 11.4 Å². The number of hydrogen-bond donors (Lipinski definition) is 0. The minimum absolute atomic E-state index is 0.244. The molecule has 3 nitrogen and oxygen atoms in total. The van der Waals surface area contributed by atoms with E-state index in [1.807, 2.05) is 18.5 Å². The number of halogens is 1. The number of imidazole rings is 1. The molecule has 1 heterocycles. The van der Waals surface area contributed by atoms with Crippen LogP contribution in [0.3, 0.4) is 0 Å². The smallest absolute Gasteiger partial charge is 0.143 e. The Labute approximate surface area is 99.1 Å². The molecule has 0 unspecified atom stereocenters. The molecule has 4 heteroatoms. The highest BCUT2D eigenvalue weighted by atomic mass is 19.1. The second-order valence-corrected chi connectivity index (χ2v) is 3.84. The van der Waals surface area contributed by atoms with Crippen molar-refractivity contribution in [3.63, 3.8) is 0 Å². The minimum atomic E-state index is -0.302. The molecule has 0 bridgehead atoms. The molecule has 2 rings (SSSR count). The lowest BCUT2D eigenvalue weighted by atomic mass is 10.2. The van der Waals surface area contributed by atoms with Crippen molar-refractivity contribution in [2.45, 2.75) is 13.3 Å². The first-order valence-corrected chi connectivity index (χ1v) is 5.29. The van der Waals surface area contributed by atoms with E-state index in [-0.39, 0.29) is 12.2 Å². The van der Waals surface area contributed by atoms with E-state index in [4.69, 9.17) is 5.26 Å². The number of benzene rings is 1. The van der Waals surface area contributed by atoms with Gasteiger partial charge in [0.15, 0.2) is 0 Å². The maximum Gasteiger partial charge on any atom is 0.143 e. The summed E-state index contributed by atoms with van der Waals surface area (Å²) < 4.78 is 15.5. The van der Waals surface area contributed by atoms with E-state index < -0.39 is 0 Å². The van der Waals surface area contributed by atoms with Crippen molar-refractivity contribution >= 4 is 0 Å². The summed E-state index contributed by atoms with van der Waals surface area (Å²) in [7, 11) is 1.82. The van der Waals surface area contributed by atoms with Gasteiger partial charge in [0.05, 0.1) is 23.7 Å². The van der Waals surface area contributed by atoms with E-state index in [0.717, 1.165) is 5.69 Å². The molecule has 0 radical (unpaired) electrons. The zero-order valence-corrected chi connectivity index (χ0v) is 9.74. The molecule has 0 aliphatic carbocycles. The van der Waals surface area contributed by atoms with Gasteiger partial charge >= 0.3 is 0 Å². The third kappa shape index (κ3) is 1.92. The van der Waals surface area contributed by atoms with Crippen molar-refractivity contribution in [1.82, 2.24) is 9.55 Å². The van der Waals surface area contributed by atoms with Gasteiger partial charge in [0.1, 0.15) is 11.6 Å². The molecule has 0 spiro atoms. The molecule has 0 aliphatic rings. The largest absolute Gasteiger partial charge is 0.331 e. The third-order valence-electron chi connectivity index (χ3n) is 2.84. The van der Waals surface area contributed by atoms with Crippen molar-refractivity contribution in [3.8, 4) is 17.5 Å². The van der Waals surface area contributed by atoms with Gasteiger partial charge in [-0.1, -0.05) is 12.1 Å². The summed E-state index contributed by atoms with van der Waals surface area (Å²) in [6, 6.07) is 8.57. The standard InChI is InChI=1S/C13H12FN3/c1-9-12(7-8-15)16-13(17(9)2)10-5-3-4-6-11(10)14/h3-6H,7H2,1-2H3. The quantitative estimate of drug-likeness (QED) is 0.794. The van der Waals surface area contributed by atoms with E-state index >= 15 is 0 Å². The van der Waals surface area contributed by atoms with Gasteiger partial charge in [0.25, 0.3) is 0 Å². The Bertz CT molecular complexity index is 593. The lowest BCUT2D eigenvalue weighted by molar-refractivity contribution is 0.628. The highest BCUT2D eigenvalue weighted by molar-refractivity contribution is 5.57. The fourth-order valence-corrected chi connectivity index (χ4v) is 1.76. The van der Waals surface area contributed by atoms with Crippen LogP contribution in [0.2, 0.25) is 0 Å². The van der Waals surface area contributed by atoms with E-state index in [0.29, 0.717) is 17.1 Å². The normalized spacial score (nSPS) is 10.2. The van der Waals surface area contributed by atoms with Crippen molar-refractivity contribution in [3.05, 3.63) is 41.5 Å². The van der Waals surface area contributed by atoms with Gasteiger partial charge in [-0.2, -0.15) is 5.26 Å². The topological polar surface area (TPSA) is 41.6 Å². The lowest BCUT2D eigenvalue weighted by Crippen LogP contribution is -1.96. The summed E-state index contributed by atoms with van der Waals surface area (Å²) in [5.74, 6) is 0.259. The van der Waals surface area contributed by atoms with Crippen LogP contribution in [0.1, 0.15) is 11.4 Å². The summed E-state index contributed by atoms with van der Waals surface area (Å²) >= 11 is 0. The van der Waals surface area contributed by atoms with Gasteiger partial charge in [0.2, 0.25) is 0 Å². The number of aromatic nitrogens is 2. The highest BCUT2D eigenvalue weighted by Gasteiger charge is 2.14. The molecule has 0 atom stereocenters. The molecular formula is C13H12FN3. The zero-order chi connectivity index (χ0) is 12.4. The first kappa shape index (κ1) is 11.3. The van der Waals surface area contributed by atoms with Crippen molar-refractivity contribution in [1.29, 1.82) is 5.26 Å². The Hall–Kier alpha value is -2.15. The molecule has 0 fully saturated rings. The Kier molecular flexibility index (Phi) is 2.92. The zero-order valence-electron chi connectivity index (χ0n) is 9.74. The van der Waals surface area contributed by atoms with Crippen LogP contribution in [0, 0.1) is 24.1 Å². The minimum Gasteiger partial charge on any atom is -0.331 e. The predicted molar refractivity (Wildman–Crippen MR) is 62.7 cm³/mol. The van der Waals surface area contributed by atoms with E-state index in [1.54, 1.807) is 18.2 Å². The van der Waals surface area contributed by atoms with Crippen LogP contribution in [0.4, 0.5) is 4.39 Å². The van der Waals surface area contributed by atoms with Gasteiger partial charge in [-0.3, -0.25) is 0 Å². The first-order valence-electron chi connectivity index (χ1n) is 5.29. The van der Waals surface area contributed by atoms with Gasteiger partial charge in [-0.25, -0.2) is 9.37 Å². The van der Waals surface area contributed by atoms with E-state index in [1.165, 1.54) is 6.07 Å². The van der Waals surface area contributed by atoms with Crippen LogP contribution >= 0.6 is 0 Å². The summed E-state index contributed by atoms with van der Waals surface area (Å²) in [6.45, 7) is 1.88. The molecule has 0 amide bonds. The van der Waals surface area contributed by atoms with Crippen LogP contribution in [-0.2, 0) is 13.5 Å². The van der Waals surface area contributed by atoms with Gasteiger partial charge in [0, 0.05) is 12.7 Å². The van der Waals surface area contributed by atoms with E-state index in [9.17, 15) is 4.39 Å². The Balaban J connectivity index is 2.58. The van der Waals surface area contributed by atoms with Gasteiger partial charge in [-0.05, 0) is 19.1 Å². The van der Waals surface area contributed by atoms with Gasteiger partial charge < -0.3 is 4.57 Å². The average molecular weight is 229 g/mol. The van der Waals surface area contributed by atoms with Crippen LogP contribution in [-0.4, -0.2) is 9.55 Å². The predicted octanol–water partition coefficient (Wildman–Crippen LogP) is 2.60. The number of rotatable bonds is 2. The van der Waals surface area contributed by atoms with Crippen LogP contribution in [0.15, 0.2) is 24.3 Å². The maximum absolute atomic E-state index is 13.7. The molecule has 0 saturated heterocycles. The van der Waals surface area contributed by atoms with Crippen molar-refractivity contribution < 1.29 is 4.39 Å². The van der Waals surface area contributed by atoms with E-state index in [2.05, 4.69) is 11.1 Å². The number of nitriles is 1.